The second kappa shape index (κ2) is 8.29. The van der Waals surface area contributed by atoms with Gasteiger partial charge in [-0.25, -0.2) is 0 Å². The van der Waals surface area contributed by atoms with E-state index in [4.69, 9.17) is 10.2 Å². The van der Waals surface area contributed by atoms with Gasteiger partial charge in [-0.3, -0.25) is 9.59 Å². The molecule has 1 aliphatic carbocycles. The van der Waals surface area contributed by atoms with Gasteiger partial charge in [-0.1, -0.05) is 12.2 Å². The zero-order valence-corrected chi connectivity index (χ0v) is 13.0. The van der Waals surface area contributed by atoms with E-state index in [0.29, 0.717) is 12.8 Å². The summed E-state index contributed by atoms with van der Waals surface area (Å²) in [5, 5.41) is 18.2. The summed E-state index contributed by atoms with van der Waals surface area (Å²) in [6.07, 6.45) is 7.15. The van der Waals surface area contributed by atoms with Crippen molar-refractivity contribution in [3.63, 3.8) is 0 Å². The van der Waals surface area contributed by atoms with Gasteiger partial charge in [0, 0.05) is 26.2 Å². The highest BCUT2D eigenvalue weighted by Crippen LogP contribution is 2.30. The molecule has 0 aromatic carbocycles. The van der Waals surface area contributed by atoms with Crippen LogP contribution in [0.5, 0.6) is 0 Å². The summed E-state index contributed by atoms with van der Waals surface area (Å²) < 4.78 is 0. The van der Waals surface area contributed by atoms with Gasteiger partial charge < -0.3 is 20.0 Å². The highest BCUT2D eigenvalue weighted by atomic mass is 16.3. The molecule has 2 aliphatic rings. The maximum atomic E-state index is 12.7. The first kappa shape index (κ1) is 17.0. The third kappa shape index (κ3) is 3.87. The molecule has 1 saturated heterocycles. The summed E-state index contributed by atoms with van der Waals surface area (Å²) in [4.78, 5) is 28.7. The summed E-state index contributed by atoms with van der Waals surface area (Å²) in [6, 6.07) is 0. The van der Waals surface area contributed by atoms with Gasteiger partial charge in [0.25, 0.3) is 0 Å². The molecule has 1 aliphatic heterocycles. The molecule has 0 bridgehead atoms. The molecule has 2 atom stereocenters. The van der Waals surface area contributed by atoms with Gasteiger partial charge in [-0.05, 0) is 25.7 Å². The molecule has 0 aromatic rings. The van der Waals surface area contributed by atoms with E-state index in [2.05, 4.69) is 0 Å². The lowest BCUT2D eigenvalue weighted by molar-refractivity contribution is -0.146. The third-order valence-electron chi connectivity index (χ3n) is 4.54. The summed E-state index contributed by atoms with van der Waals surface area (Å²) in [6.45, 7) is 1.69. The van der Waals surface area contributed by atoms with Gasteiger partial charge in [0.15, 0.2) is 0 Å². The van der Waals surface area contributed by atoms with E-state index in [-0.39, 0.29) is 50.0 Å². The second-order valence-corrected chi connectivity index (χ2v) is 5.96. The summed E-state index contributed by atoms with van der Waals surface area (Å²) in [5.41, 5.74) is 0. The van der Waals surface area contributed by atoms with Crippen LogP contribution in [-0.2, 0) is 9.59 Å². The van der Waals surface area contributed by atoms with E-state index < -0.39 is 0 Å². The minimum Gasteiger partial charge on any atom is -0.395 e. The van der Waals surface area contributed by atoms with Crippen LogP contribution in [0.15, 0.2) is 12.2 Å². The maximum Gasteiger partial charge on any atom is 0.226 e. The van der Waals surface area contributed by atoms with Crippen LogP contribution in [0.3, 0.4) is 0 Å². The third-order valence-corrected chi connectivity index (χ3v) is 4.54. The lowest BCUT2D eigenvalue weighted by Crippen LogP contribution is -2.46. The Morgan fingerprint density at radius 2 is 1.55 bits per heavy atom. The Kier molecular flexibility index (Phi) is 6.39. The van der Waals surface area contributed by atoms with Gasteiger partial charge >= 0.3 is 0 Å². The molecule has 6 nitrogen and oxygen atoms in total. The number of carbonyl (C=O) groups is 2. The normalized spacial score (nSPS) is 24.5. The molecular weight excluding hydrogens is 284 g/mol. The highest BCUT2D eigenvalue weighted by molar-refractivity contribution is 5.88. The number of rotatable bonds is 6. The van der Waals surface area contributed by atoms with Gasteiger partial charge in [0.1, 0.15) is 0 Å². The zero-order valence-electron chi connectivity index (χ0n) is 13.0. The highest BCUT2D eigenvalue weighted by Gasteiger charge is 2.38. The predicted molar refractivity (Wildman–Crippen MR) is 81.9 cm³/mol. The molecule has 0 spiro atoms. The first-order chi connectivity index (χ1) is 10.7. The van der Waals surface area contributed by atoms with Crippen molar-refractivity contribution in [2.24, 2.45) is 11.8 Å². The van der Waals surface area contributed by atoms with Crippen molar-refractivity contribution in [3.05, 3.63) is 12.2 Å². The van der Waals surface area contributed by atoms with Crippen LogP contribution in [-0.4, -0.2) is 71.2 Å². The SMILES string of the molecule is O=C(C1CC=CCC1C(=O)N1CCCC1)N(CCO)CCO. The van der Waals surface area contributed by atoms with E-state index in [1.54, 1.807) is 0 Å². The molecule has 0 saturated carbocycles. The van der Waals surface area contributed by atoms with Crippen LogP contribution in [0.25, 0.3) is 0 Å². The molecule has 124 valence electrons. The molecule has 0 aromatic heterocycles. The number of nitrogens with zero attached hydrogens (tertiary/aromatic N) is 2. The number of carbonyl (C=O) groups excluding carboxylic acids is 2. The van der Waals surface area contributed by atoms with Crippen LogP contribution in [0.2, 0.25) is 0 Å². The lowest BCUT2D eigenvalue weighted by atomic mass is 9.81. The van der Waals surface area contributed by atoms with Crippen molar-refractivity contribution in [3.8, 4) is 0 Å². The quantitative estimate of drug-likeness (QED) is 0.677. The van der Waals surface area contributed by atoms with E-state index >= 15 is 0 Å². The maximum absolute atomic E-state index is 12.7. The fourth-order valence-corrected chi connectivity index (χ4v) is 3.34. The smallest absolute Gasteiger partial charge is 0.226 e. The van der Waals surface area contributed by atoms with Crippen molar-refractivity contribution in [2.75, 3.05) is 39.4 Å². The first-order valence-corrected chi connectivity index (χ1v) is 8.13. The Hall–Kier alpha value is -1.40. The van der Waals surface area contributed by atoms with Crippen molar-refractivity contribution >= 4 is 11.8 Å². The van der Waals surface area contributed by atoms with E-state index in [0.717, 1.165) is 25.9 Å². The minimum atomic E-state index is -0.379. The van der Waals surface area contributed by atoms with Gasteiger partial charge in [0.05, 0.1) is 25.0 Å². The molecule has 2 amide bonds. The molecule has 2 unspecified atom stereocenters. The number of hydrogen-bond acceptors (Lipinski definition) is 4. The fraction of sp³-hybridized carbons (Fsp3) is 0.750. The van der Waals surface area contributed by atoms with Crippen LogP contribution in [0, 0.1) is 11.8 Å². The van der Waals surface area contributed by atoms with Gasteiger partial charge in [-0.2, -0.15) is 0 Å². The van der Waals surface area contributed by atoms with Crippen LogP contribution >= 0.6 is 0 Å². The Labute approximate surface area is 131 Å². The molecule has 0 radical (unpaired) electrons. The Morgan fingerprint density at radius 3 is 2.09 bits per heavy atom. The minimum absolute atomic E-state index is 0.0770. The largest absolute Gasteiger partial charge is 0.395 e. The number of amides is 2. The summed E-state index contributed by atoms with van der Waals surface area (Å²) >= 11 is 0. The molecule has 6 heteroatoms. The summed E-state index contributed by atoms with van der Waals surface area (Å²) in [7, 11) is 0. The van der Waals surface area contributed by atoms with E-state index in [1.165, 1.54) is 4.90 Å². The predicted octanol–water partition coefficient (Wildman–Crippen LogP) is 0.00440. The lowest BCUT2D eigenvalue weighted by Gasteiger charge is -2.33. The average molecular weight is 310 g/mol. The Morgan fingerprint density at radius 1 is 1.00 bits per heavy atom. The van der Waals surface area contributed by atoms with Crippen LogP contribution in [0.1, 0.15) is 25.7 Å². The molecule has 22 heavy (non-hydrogen) atoms. The number of likely N-dealkylation sites (tertiary alicyclic amines) is 1. The number of allylic oxidation sites excluding steroid dienone is 2. The standard InChI is InChI=1S/C16H26N2O4/c19-11-9-18(10-12-20)16(22)14-6-2-1-5-13(14)15(21)17-7-3-4-8-17/h1-2,13-14,19-20H,3-12H2. The Balaban J connectivity index is 2.09. The van der Waals surface area contributed by atoms with Crippen molar-refractivity contribution in [1.82, 2.24) is 9.80 Å². The topological polar surface area (TPSA) is 81.1 Å². The molecule has 1 heterocycles. The van der Waals surface area contributed by atoms with E-state index in [9.17, 15) is 9.59 Å². The number of hydrogen-bond donors (Lipinski definition) is 2. The zero-order chi connectivity index (χ0) is 15.9. The summed E-state index contributed by atoms with van der Waals surface area (Å²) in [5.74, 6) is -0.746. The average Bonchev–Trinajstić information content (AvgIpc) is 3.08. The first-order valence-electron chi connectivity index (χ1n) is 8.13. The van der Waals surface area contributed by atoms with Crippen LogP contribution < -0.4 is 0 Å². The molecule has 2 rings (SSSR count). The monoisotopic (exact) mass is 310 g/mol. The van der Waals surface area contributed by atoms with E-state index in [1.807, 2.05) is 17.1 Å². The van der Waals surface area contributed by atoms with Gasteiger partial charge in [0.2, 0.25) is 11.8 Å². The van der Waals surface area contributed by atoms with Gasteiger partial charge in [-0.15, -0.1) is 0 Å². The van der Waals surface area contributed by atoms with Crippen LogP contribution in [0.4, 0.5) is 0 Å². The molecular formula is C16H26N2O4. The van der Waals surface area contributed by atoms with Crippen molar-refractivity contribution in [2.45, 2.75) is 25.7 Å². The number of aliphatic hydroxyl groups excluding tert-OH is 2. The Bertz CT molecular complexity index is 412. The molecule has 2 N–H and O–H groups in total. The molecule has 1 fully saturated rings. The van der Waals surface area contributed by atoms with Crippen molar-refractivity contribution < 1.29 is 19.8 Å². The number of aliphatic hydroxyl groups is 2. The fourth-order valence-electron chi connectivity index (χ4n) is 3.34. The second-order valence-electron chi connectivity index (χ2n) is 5.96. The van der Waals surface area contributed by atoms with Crippen molar-refractivity contribution in [1.29, 1.82) is 0 Å².